The van der Waals surface area contributed by atoms with Gasteiger partial charge in [0.25, 0.3) is 0 Å². The first-order chi connectivity index (χ1) is 8.46. The number of nitrogens with zero attached hydrogens (tertiary/aromatic N) is 1. The molecule has 0 aromatic heterocycles. The number of likely N-dealkylation sites (N-methyl/N-ethyl adjacent to an activating group) is 1. The molecule has 3 saturated heterocycles. The summed E-state index contributed by atoms with van der Waals surface area (Å²) in [5.74, 6) is 0.319. The summed E-state index contributed by atoms with van der Waals surface area (Å²) >= 11 is 0. The first-order valence-corrected chi connectivity index (χ1v) is 8.16. The van der Waals surface area contributed by atoms with Gasteiger partial charge in [-0.15, -0.1) is 0 Å². The second-order valence-electron chi connectivity index (χ2n) is 5.68. The van der Waals surface area contributed by atoms with E-state index < -0.39 is 15.6 Å². The van der Waals surface area contributed by atoms with E-state index >= 15 is 0 Å². The van der Waals surface area contributed by atoms with E-state index in [1.807, 2.05) is 0 Å². The number of ether oxygens (including phenoxy) is 2. The maximum Gasteiger partial charge on any atom is 0.154 e. The lowest BCUT2D eigenvalue weighted by molar-refractivity contribution is -0.174. The van der Waals surface area contributed by atoms with Gasteiger partial charge in [0, 0.05) is 19.5 Å². The van der Waals surface area contributed by atoms with Gasteiger partial charge in [-0.25, -0.2) is 8.42 Å². The summed E-state index contributed by atoms with van der Waals surface area (Å²) in [4.78, 5) is 2.25. The minimum absolute atomic E-state index is 0.0979. The normalized spacial score (nSPS) is 44.7. The van der Waals surface area contributed by atoms with Crippen molar-refractivity contribution in [1.82, 2.24) is 10.2 Å². The number of sulfone groups is 1. The van der Waals surface area contributed by atoms with Gasteiger partial charge in [0.2, 0.25) is 0 Å². The molecule has 3 heterocycles. The van der Waals surface area contributed by atoms with Gasteiger partial charge >= 0.3 is 0 Å². The van der Waals surface area contributed by atoms with Crippen LogP contribution >= 0.6 is 0 Å². The molecule has 6 nitrogen and oxygen atoms in total. The predicted molar refractivity (Wildman–Crippen MR) is 66.1 cm³/mol. The Bertz CT molecular complexity index is 428. The third kappa shape index (κ3) is 2.08. The Morgan fingerprint density at radius 3 is 2.72 bits per heavy atom. The molecule has 0 amide bonds. The molecule has 1 N–H and O–H groups in total. The third-order valence-electron chi connectivity index (χ3n) is 4.38. The lowest BCUT2D eigenvalue weighted by Gasteiger charge is -2.51. The van der Waals surface area contributed by atoms with E-state index in [4.69, 9.17) is 9.47 Å². The fraction of sp³-hybridized carbons (Fsp3) is 1.00. The fourth-order valence-corrected chi connectivity index (χ4v) is 4.75. The highest BCUT2D eigenvalue weighted by molar-refractivity contribution is 7.91. The lowest BCUT2D eigenvalue weighted by Crippen LogP contribution is -2.71. The van der Waals surface area contributed by atoms with Crippen LogP contribution in [0.15, 0.2) is 0 Å². The standard InChI is InChI=1S/C11H20N2O4S/c1-13-3-4-16-7-10(13)6-12-11(17-8-10)2-5-18(14,15)9-11/h12H,2-9H2,1H3. The number of nitrogens with one attached hydrogen (secondary N) is 1. The van der Waals surface area contributed by atoms with Crippen LogP contribution in [0.4, 0.5) is 0 Å². The van der Waals surface area contributed by atoms with Crippen LogP contribution in [0.1, 0.15) is 6.42 Å². The van der Waals surface area contributed by atoms with Crippen LogP contribution in [0.2, 0.25) is 0 Å². The summed E-state index contributed by atoms with van der Waals surface area (Å²) < 4.78 is 34.6. The minimum atomic E-state index is -2.94. The van der Waals surface area contributed by atoms with Gasteiger partial charge in [0.15, 0.2) is 9.84 Å². The number of rotatable bonds is 0. The SMILES string of the molecule is CN1CCOCC12CNC1(CCS(=O)(=O)C1)OC2. The highest BCUT2D eigenvalue weighted by atomic mass is 32.2. The van der Waals surface area contributed by atoms with Gasteiger partial charge in [-0.2, -0.15) is 0 Å². The average Bonchev–Trinajstić information content (AvgIpc) is 2.63. The van der Waals surface area contributed by atoms with Crippen LogP contribution in [0.25, 0.3) is 0 Å². The van der Waals surface area contributed by atoms with Crippen LogP contribution < -0.4 is 5.32 Å². The van der Waals surface area contributed by atoms with Crippen LogP contribution in [0, 0.1) is 0 Å². The monoisotopic (exact) mass is 276 g/mol. The minimum Gasteiger partial charge on any atom is -0.378 e. The predicted octanol–water partition coefficient (Wildman–Crippen LogP) is -1.18. The molecule has 0 saturated carbocycles. The molecule has 0 radical (unpaired) electrons. The van der Waals surface area contributed by atoms with Crippen molar-refractivity contribution < 1.29 is 17.9 Å². The molecule has 2 atom stereocenters. The van der Waals surface area contributed by atoms with E-state index in [1.165, 1.54) is 0 Å². The molecule has 3 aliphatic heterocycles. The summed E-state index contributed by atoms with van der Waals surface area (Å²) in [5, 5.41) is 3.32. The average molecular weight is 276 g/mol. The highest BCUT2D eigenvalue weighted by Gasteiger charge is 2.51. The molecule has 0 aliphatic carbocycles. The maximum absolute atomic E-state index is 11.6. The second-order valence-corrected chi connectivity index (χ2v) is 7.86. The van der Waals surface area contributed by atoms with Gasteiger partial charge < -0.3 is 9.47 Å². The van der Waals surface area contributed by atoms with Crippen molar-refractivity contribution in [3.05, 3.63) is 0 Å². The van der Waals surface area contributed by atoms with E-state index in [0.29, 0.717) is 19.6 Å². The molecule has 0 aromatic carbocycles. The molecule has 3 aliphatic rings. The van der Waals surface area contributed by atoms with E-state index in [-0.39, 0.29) is 17.0 Å². The van der Waals surface area contributed by atoms with E-state index in [9.17, 15) is 8.42 Å². The molecular formula is C11H20N2O4S. The van der Waals surface area contributed by atoms with Gasteiger partial charge in [-0.1, -0.05) is 0 Å². The summed E-state index contributed by atoms with van der Waals surface area (Å²) in [6, 6.07) is 0. The van der Waals surface area contributed by atoms with Gasteiger partial charge in [-0.3, -0.25) is 10.2 Å². The quantitative estimate of drug-likeness (QED) is 0.601. The van der Waals surface area contributed by atoms with Crippen molar-refractivity contribution in [2.24, 2.45) is 0 Å². The fourth-order valence-electron chi connectivity index (χ4n) is 2.92. The summed E-state index contributed by atoms with van der Waals surface area (Å²) in [5.41, 5.74) is -0.793. The van der Waals surface area contributed by atoms with Crippen LogP contribution in [-0.4, -0.2) is 76.0 Å². The van der Waals surface area contributed by atoms with Gasteiger partial charge in [0.1, 0.15) is 5.72 Å². The zero-order chi connectivity index (χ0) is 12.9. The van der Waals surface area contributed by atoms with Crippen molar-refractivity contribution in [2.45, 2.75) is 17.7 Å². The van der Waals surface area contributed by atoms with Crippen molar-refractivity contribution in [3.63, 3.8) is 0 Å². The topological polar surface area (TPSA) is 67.9 Å². The van der Waals surface area contributed by atoms with Gasteiger partial charge in [0.05, 0.1) is 36.9 Å². The Labute approximate surface area is 108 Å². The summed E-state index contributed by atoms with van der Waals surface area (Å²) in [6.45, 7) is 3.53. The van der Waals surface area contributed by atoms with Crippen molar-refractivity contribution in [2.75, 3.05) is 51.5 Å². The first-order valence-electron chi connectivity index (χ1n) is 6.34. The lowest BCUT2D eigenvalue weighted by atomic mass is 9.94. The Kier molecular flexibility index (Phi) is 2.95. The summed E-state index contributed by atoms with van der Waals surface area (Å²) in [7, 11) is -0.876. The van der Waals surface area contributed by atoms with Crippen LogP contribution in [-0.2, 0) is 19.3 Å². The maximum atomic E-state index is 11.6. The molecule has 2 spiro atoms. The molecule has 7 heteroatoms. The zero-order valence-electron chi connectivity index (χ0n) is 10.6. The van der Waals surface area contributed by atoms with Crippen molar-refractivity contribution in [1.29, 1.82) is 0 Å². The number of morpholine rings is 1. The van der Waals surface area contributed by atoms with Crippen molar-refractivity contribution in [3.8, 4) is 0 Å². The van der Waals surface area contributed by atoms with E-state index in [1.54, 1.807) is 0 Å². The van der Waals surface area contributed by atoms with E-state index in [2.05, 4.69) is 17.3 Å². The Balaban J connectivity index is 1.71. The zero-order valence-corrected chi connectivity index (χ0v) is 11.5. The molecule has 18 heavy (non-hydrogen) atoms. The van der Waals surface area contributed by atoms with Crippen molar-refractivity contribution >= 4 is 9.84 Å². The third-order valence-corrected chi connectivity index (χ3v) is 6.11. The summed E-state index contributed by atoms with van der Waals surface area (Å²) in [6.07, 6.45) is 0.552. The molecule has 0 bridgehead atoms. The molecule has 3 rings (SSSR count). The molecule has 104 valence electrons. The Morgan fingerprint density at radius 2 is 2.17 bits per heavy atom. The second kappa shape index (κ2) is 4.14. The smallest absolute Gasteiger partial charge is 0.154 e. The molecule has 3 fully saturated rings. The van der Waals surface area contributed by atoms with Crippen LogP contribution in [0.3, 0.4) is 0 Å². The first kappa shape index (κ1) is 12.8. The number of hydrogen-bond donors (Lipinski definition) is 1. The van der Waals surface area contributed by atoms with Crippen LogP contribution in [0.5, 0.6) is 0 Å². The Morgan fingerprint density at radius 1 is 1.33 bits per heavy atom. The Hall–Kier alpha value is -0.210. The van der Waals surface area contributed by atoms with E-state index in [0.717, 1.165) is 19.7 Å². The molecular weight excluding hydrogens is 256 g/mol. The molecule has 0 aromatic rings. The largest absolute Gasteiger partial charge is 0.378 e. The molecule has 2 unspecified atom stereocenters. The highest BCUT2D eigenvalue weighted by Crippen LogP contribution is 2.32. The number of hydrogen-bond acceptors (Lipinski definition) is 6. The van der Waals surface area contributed by atoms with Gasteiger partial charge in [-0.05, 0) is 7.05 Å².